The van der Waals surface area contributed by atoms with Gasteiger partial charge in [0.15, 0.2) is 5.11 Å². The molecule has 2 N–H and O–H groups in total. The molecule has 0 radical (unpaired) electrons. The third-order valence-electron chi connectivity index (χ3n) is 4.67. The number of carbonyl (C=O) groups excluding carboxylic acids is 1. The highest BCUT2D eigenvalue weighted by Crippen LogP contribution is 2.25. The smallest absolute Gasteiger partial charge is 0.257 e. The first-order chi connectivity index (χ1) is 14.7. The highest BCUT2D eigenvalue weighted by molar-refractivity contribution is 7.80. The minimum atomic E-state index is -0.300. The number of amides is 1. The topological polar surface area (TPSA) is 68.8 Å². The van der Waals surface area contributed by atoms with E-state index in [0.717, 1.165) is 32.3 Å². The molecule has 2 aromatic rings. The fourth-order valence-corrected chi connectivity index (χ4v) is 3.25. The summed E-state index contributed by atoms with van der Waals surface area (Å²) in [6.45, 7) is 4.01. The van der Waals surface area contributed by atoms with Crippen molar-refractivity contribution in [3.05, 3.63) is 54.1 Å². The van der Waals surface area contributed by atoms with Gasteiger partial charge in [-0.3, -0.25) is 10.1 Å². The SMILES string of the molecule is CCCCOc1cccc(C(=O)NC(=S)Nc2ccccc2OCC2CCCO2)c1. The van der Waals surface area contributed by atoms with E-state index in [1.807, 2.05) is 30.3 Å². The van der Waals surface area contributed by atoms with Crippen LogP contribution in [0.2, 0.25) is 0 Å². The van der Waals surface area contributed by atoms with Crippen molar-refractivity contribution in [3.8, 4) is 11.5 Å². The van der Waals surface area contributed by atoms with Crippen molar-refractivity contribution in [2.75, 3.05) is 25.1 Å². The van der Waals surface area contributed by atoms with Crippen LogP contribution in [0.3, 0.4) is 0 Å². The van der Waals surface area contributed by atoms with E-state index >= 15 is 0 Å². The maximum atomic E-state index is 12.6. The number of hydrogen-bond acceptors (Lipinski definition) is 5. The minimum Gasteiger partial charge on any atom is -0.494 e. The first-order valence-electron chi connectivity index (χ1n) is 10.3. The van der Waals surface area contributed by atoms with Crippen LogP contribution in [0.15, 0.2) is 48.5 Å². The molecule has 3 rings (SSSR count). The van der Waals surface area contributed by atoms with Gasteiger partial charge in [-0.05, 0) is 61.8 Å². The average Bonchev–Trinajstić information content (AvgIpc) is 3.27. The van der Waals surface area contributed by atoms with Crippen LogP contribution in [-0.4, -0.2) is 36.9 Å². The van der Waals surface area contributed by atoms with E-state index in [4.69, 9.17) is 26.4 Å². The van der Waals surface area contributed by atoms with Gasteiger partial charge in [-0.25, -0.2) is 0 Å². The lowest BCUT2D eigenvalue weighted by Crippen LogP contribution is -2.34. The summed E-state index contributed by atoms with van der Waals surface area (Å²) in [5, 5.41) is 5.95. The van der Waals surface area contributed by atoms with Gasteiger partial charge >= 0.3 is 0 Å². The molecule has 7 heteroatoms. The van der Waals surface area contributed by atoms with Gasteiger partial charge in [-0.1, -0.05) is 31.5 Å². The maximum Gasteiger partial charge on any atom is 0.257 e. The number of anilines is 1. The predicted molar refractivity (Wildman–Crippen MR) is 121 cm³/mol. The summed E-state index contributed by atoms with van der Waals surface area (Å²) in [4.78, 5) is 12.6. The summed E-state index contributed by atoms with van der Waals surface area (Å²) in [5.41, 5.74) is 1.17. The summed E-state index contributed by atoms with van der Waals surface area (Å²) in [6, 6.07) is 14.6. The van der Waals surface area contributed by atoms with E-state index in [1.54, 1.807) is 18.2 Å². The molecule has 1 aliphatic rings. The van der Waals surface area contributed by atoms with Gasteiger partial charge in [0.25, 0.3) is 5.91 Å². The Morgan fingerprint density at radius 2 is 2.07 bits per heavy atom. The van der Waals surface area contributed by atoms with Gasteiger partial charge in [-0.2, -0.15) is 0 Å². The Hall–Kier alpha value is -2.64. The third-order valence-corrected chi connectivity index (χ3v) is 4.88. The largest absolute Gasteiger partial charge is 0.494 e. The quantitative estimate of drug-likeness (QED) is 0.451. The summed E-state index contributed by atoms with van der Waals surface area (Å²) >= 11 is 5.33. The highest BCUT2D eigenvalue weighted by atomic mass is 32.1. The Kier molecular flexibility index (Phi) is 8.47. The molecule has 1 saturated heterocycles. The number of nitrogens with one attached hydrogen (secondary N) is 2. The normalized spacial score (nSPS) is 15.4. The highest BCUT2D eigenvalue weighted by Gasteiger charge is 2.17. The second-order valence-electron chi connectivity index (χ2n) is 7.08. The molecule has 0 bridgehead atoms. The molecular formula is C23H28N2O4S. The second-order valence-corrected chi connectivity index (χ2v) is 7.49. The molecule has 1 atom stereocenters. The first kappa shape index (κ1) is 22.1. The number of unbranched alkanes of at least 4 members (excludes halogenated alkanes) is 1. The zero-order valence-corrected chi connectivity index (χ0v) is 18.0. The van der Waals surface area contributed by atoms with Gasteiger partial charge in [0.1, 0.15) is 18.1 Å². The molecule has 0 aliphatic carbocycles. The fraction of sp³-hybridized carbons (Fsp3) is 0.391. The predicted octanol–water partition coefficient (Wildman–Crippen LogP) is 4.55. The van der Waals surface area contributed by atoms with Crippen molar-refractivity contribution in [3.63, 3.8) is 0 Å². The van der Waals surface area contributed by atoms with E-state index in [9.17, 15) is 4.79 Å². The number of hydrogen-bond donors (Lipinski definition) is 2. The van der Waals surface area contributed by atoms with E-state index in [1.165, 1.54) is 0 Å². The van der Waals surface area contributed by atoms with Crippen LogP contribution in [0, 0.1) is 0 Å². The first-order valence-corrected chi connectivity index (χ1v) is 10.7. The monoisotopic (exact) mass is 428 g/mol. The van der Waals surface area contributed by atoms with Crippen molar-refractivity contribution < 1.29 is 19.0 Å². The molecule has 0 saturated carbocycles. The standard InChI is InChI=1S/C23H28N2O4S/c1-2-3-13-27-18-9-6-8-17(15-18)22(26)25-23(30)24-20-11-4-5-12-21(20)29-16-19-10-7-14-28-19/h4-6,8-9,11-12,15,19H,2-3,7,10,13-14,16H2,1H3,(H2,24,25,26,30). The van der Waals surface area contributed by atoms with E-state index in [-0.39, 0.29) is 17.1 Å². The molecule has 1 heterocycles. The molecule has 0 aromatic heterocycles. The molecule has 1 unspecified atom stereocenters. The number of thiocarbonyl (C=S) groups is 1. The van der Waals surface area contributed by atoms with Gasteiger partial charge in [0.2, 0.25) is 0 Å². The number of carbonyl (C=O) groups is 1. The van der Waals surface area contributed by atoms with Crippen LogP contribution in [0.5, 0.6) is 11.5 Å². The van der Waals surface area contributed by atoms with Crippen LogP contribution in [0.4, 0.5) is 5.69 Å². The molecule has 1 aliphatic heterocycles. The van der Waals surface area contributed by atoms with E-state index in [2.05, 4.69) is 17.6 Å². The van der Waals surface area contributed by atoms with Crippen molar-refractivity contribution in [1.82, 2.24) is 5.32 Å². The molecule has 6 nitrogen and oxygen atoms in total. The number of rotatable bonds is 9. The number of ether oxygens (including phenoxy) is 3. The number of para-hydroxylation sites is 2. The molecule has 1 fully saturated rings. The Morgan fingerprint density at radius 3 is 2.87 bits per heavy atom. The third kappa shape index (κ3) is 6.71. The summed E-state index contributed by atoms with van der Waals surface area (Å²) in [5.74, 6) is 1.03. The van der Waals surface area contributed by atoms with Gasteiger partial charge < -0.3 is 19.5 Å². The van der Waals surface area contributed by atoms with Crippen LogP contribution in [0.25, 0.3) is 0 Å². The zero-order valence-electron chi connectivity index (χ0n) is 17.2. The molecule has 2 aromatic carbocycles. The van der Waals surface area contributed by atoms with Crippen molar-refractivity contribution in [1.29, 1.82) is 0 Å². The van der Waals surface area contributed by atoms with Crippen molar-refractivity contribution in [2.45, 2.75) is 38.7 Å². The van der Waals surface area contributed by atoms with Crippen LogP contribution < -0.4 is 20.1 Å². The Bertz CT molecular complexity index is 853. The van der Waals surface area contributed by atoms with E-state index in [0.29, 0.717) is 36.0 Å². The number of benzene rings is 2. The van der Waals surface area contributed by atoms with Gasteiger partial charge in [-0.15, -0.1) is 0 Å². The average molecular weight is 429 g/mol. The Morgan fingerprint density at radius 1 is 1.20 bits per heavy atom. The Labute approximate surface area is 182 Å². The lowest BCUT2D eigenvalue weighted by molar-refractivity contribution is 0.0682. The fourth-order valence-electron chi connectivity index (χ4n) is 3.04. The lowest BCUT2D eigenvalue weighted by atomic mass is 10.2. The van der Waals surface area contributed by atoms with Crippen LogP contribution >= 0.6 is 12.2 Å². The molecular weight excluding hydrogens is 400 g/mol. The van der Waals surface area contributed by atoms with Crippen LogP contribution in [-0.2, 0) is 4.74 Å². The van der Waals surface area contributed by atoms with Gasteiger partial charge in [0, 0.05) is 12.2 Å². The molecule has 160 valence electrons. The van der Waals surface area contributed by atoms with E-state index < -0.39 is 0 Å². The summed E-state index contributed by atoms with van der Waals surface area (Å²) < 4.78 is 17.2. The molecule has 1 amide bonds. The van der Waals surface area contributed by atoms with Crippen molar-refractivity contribution >= 4 is 28.9 Å². The zero-order chi connectivity index (χ0) is 21.2. The lowest BCUT2D eigenvalue weighted by Gasteiger charge is -2.16. The Balaban J connectivity index is 1.55. The van der Waals surface area contributed by atoms with Crippen molar-refractivity contribution in [2.24, 2.45) is 0 Å². The summed E-state index contributed by atoms with van der Waals surface area (Å²) in [6.07, 6.45) is 4.22. The maximum absolute atomic E-state index is 12.6. The van der Waals surface area contributed by atoms with Gasteiger partial charge in [0.05, 0.1) is 18.4 Å². The molecule has 30 heavy (non-hydrogen) atoms. The summed E-state index contributed by atoms with van der Waals surface area (Å²) in [7, 11) is 0. The van der Waals surface area contributed by atoms with Crippen LogP contribution in [0.1, 0.15) is 43.0 Å². The second kappa shape index (κ2) is 11.5. The molecule has 0 spiro atoms. The minimum absolute atomic E-state index is 0.122.